The fraction of sp³-hybridized carbons (Fsp3) is 0.250. The van der Waals surface area contributed by atoms with Gasteiger partial charge >= 0.3 is 0 Å². The lowest BCUT2D eigenvalue weighted by Gasteiger charge is -2.23. The van der Waals surface area contributed by atoms with Gasteiger partial charge in [0.2, 0.25) is 5.88 Å². The van der Waals surface area contributed by atoms with E-state index in [1.807, 2.05) is 19.1 Å². The molecule has 1 amide bonds. The topological polar surface area (TPSA) is 68.5 Å². The van der Waals surface area contributed by atoms with E-state index >= 15 is 0 Å². The van der Waals surface area contributed by atoms with Crippen LogP contribution in [0.4, 0.5) is 11.4 Å². The van der Waals surface area contributed by atoms with Gasteiger partial charge < -0.3 is 15.4 Å². The van der Waals surface area contributed by atoms with Gasteiger partial charge in [-0.25, -0.2) is 4.98 Å². The average Bonchev–Trinajstić information content (AvgIpc) is 2.53. The van der Waals surface area contributed by atoms with Gasteiger partial charge in [-0.15, -0.1) is 0 Å². The van der Waals surface area contributed by atoms with Crippen LogP contribution in [0.15, 0.2) is 42.6 Å². The van der Waals surface area contributed by atoms with Gasteiger partial charge in [0.25, 0.3) is 5.91 Å². The summed E-state index contributed by atoms with van der Waals surface area (Å²) in [5.41, 5.74) is 7.63. The number of nitrogens with two attached hydrogens (primary N) is 1. The van der Waals surface area contributed by atoms with Crippen molar-refractivity contribution in [3.05, 3.63) is 48.2 Å². The van der Waals surface area contributed by atoms with E-state index in [1.54, 1.807) is 35.4 Å². The van der Waals surface area contributed by atoms with Gasteiger partial charge in [-0.1, -0.05) is 6.92 Å². The summed E-state index contributed by atoms with van der Waals surface area (Å²) in [5, 5.41) is 0. The van der Waals surface area contributed by atoms with Crippen molar-refractivity contribution in [1.29, 1.82) is 0 Å². The molecule has 2 aromatic rings. The van der Waals surface area contributed by atoms with Crippen molar-refractivity contribution in [2.24, 2.45) is 0 Å². The second kappa shape index (κ2) is 6.74. The molecule has 0 atom stereocenters. The lowest BCUT2D eigenvalue weighted by molar-refractivity contribution is 0.0983. The molecule has 0 aliphatic heterocycles. The quantitative estimate of drug-likeness (QED) is 0.858. The summed E-state index contributed by atoms with van der Waals surface area (Å²) in [6.07, 6.45) is 2.45. The largest absolute Gasteiger partial charge is 0.480 e. The Morgan fingerprint density at radius 2 is 2.00 bits per heavy atom. The SMILES string of the molecule is CCCN(C(=O)c1cccnc1OC)c1ccc(N)cc1. The molecular formula is C16H19N3O2. The number of anilines is 2. The van der Waals surface area contributed by atoms with Crippen LogP contribution in [0.2, 0.25) is 0 Å². The van der Waals surface area contributed by atoms with Crippen LogP contribution in [0.3, 0.4) is 0 Å². The fourth-order valence-electron chi connectivity index (χ4n) is 2.09. The van der Waals surface area contributed by atoms with Crippen molar-refractivity contribution in [1.82, 2.24) is 4.98 Å². The van der Waals surface area contributed by atoms with Crippen LogP contribution in [0.5, 0.6) is 5.88 Å². The van der Waals surface area contributed by atoms with E-state index in [0.29, 0.717) is 23.7 Å². The van der Waals surface area contributed by atoms with Crippen molar-refractivity contribution >= 4 is 17.3 Å². The lowest BCUT2D eigenvalue weighted by atomic mass is 10.2. The molecule has 0 spiro atoms. The molecule has 0 radical (unpaired) electrons. The van der Waals surface area contributed by atoms with Crippen LogP contribution < -0.4 is 15.4 Å². The molecule has 0 aliphatic carbocycles. The normalized spacial score (nSPS) is 10.2. The van der Waals surface area contributed by atoms with Gasteiger partial charge in [0, 0.05) is 24.1 Å². The zero-order valence-corrected chi connectivity index (χ0v) is 12.2. The molecule has 0 saturated heterocycles. The standard InChI is InChI=1S/C16H19N3O2/c1-3-11-19(13-8-6-12(17)7-9-13)16(20)14-5-4-10-18-15(14)21-2/h4-10H,3,11,17H2,1-2H3. The summed E-state index contributed by atoms with van der Waals surface area (Å²) in [4.78, 5) is 18.6. The molecule has 1 aromatic carbocycles. The van der Waals surface area contributed by atoms with E-state index < -0.39 is 0 Å². The highest BCUT2D eigenvalue weighted by atomic mass is 16.5. The Labute approximate surface area is 124 Å². The fourth-order valence-corrected chi connectivity index (χ4v) is 2.09. The molecule has 0 saturated carbocycles. The number of aromatic nitrogens is 1. The number of benzene rings is 1. The third-order valence-electron chi connectivity index (χ3n) is 3.09. The van der Waals surface area contributed by atoms with E-state index in [1.165, 1.54) is 7.11 Å². The first-order chi connectivity index (χ1) is 10.2. The van der Waals surface area contributed by atoms with Crippen molar-refractivity contribution < 1.29 is 9.53 Å². The molecule has 5 nitrogen and oxygen atoms in total. The number of pyridine rings is 1. The third kappa shape index (κ3) is 3.31. The first-order valence-corrected chi connectivity index (χ1v) is 6.83. The average molecular weight is 285 g/mol. The van der Waals surface area contributed by atoms with Crippen molar-refractivity contribution in [3.63, 3.8) is 0 Å². The van der Waals surface area contributed by atoms with Crippen LogP contribution in [-0.2, 0) is 0 Å². The van der Waals surface area contributed by atoms with E-state index in [2.05, 4.69) is 4.98 Å². The smallest absolute Gasteiger partial charge is 0.263 e. The lowest BCUT2D eigenvalue weighted by Crippen LogP contribution is -2.32. The summed E-state index contributed by atoms with van der Waals surface area (Å²) < 4.78 is 5.17. The van der Waals surface area contributed by atoms with E-state index in [9.17, 15) is 4.79 Å². The molecule has 5 heteroatoms. The molecular weight excluding hydrogens is 266 g/mol. The summed E-state index contributed by atoms with van der Waals surface area (Å²) in [6.45, 7) is 2.64. The van der Waals surface area contributed by atoms with Crippen molar-refractivity contribution in [2.75, 3.05) is 24.3 Å². The Morgan fingerprint density at radius 3 is 2.62 bits per heavy atom. The predicted molar refractivity (Wildman–Crippen MR) is 83.6 cm³/mol. The molecule has 0 aliphatic rings. The molecule has 21 heavy (non-hydrogen) atoms. The molecule has 0 unspecified atom stereocenters. The molecule has 0 bridgehead atoms. The van der Waals surface area contributed by atoms with Gasteiger partial charge in [0.1, 0.15) is 5.56 Å². The van der Waals surface area contributed by atoms with E-state index in [0.717, 1.165) is 12.1 Å². The number of rotatable bonds is 5. The van der Waals surface area contributed by atoms with Gasteiger partial charge in [-0.05, 0) is 42.8 Å². The van der Waals surface area contributed by atoms with Crippen molar-refractivity contribution in [2.45, 2.75) is 13.3 Å². The van der Waals surface area contributed by atoms with Crippen LogP contribution >= 0.6 is 0 Å². The molecule has 1 heterocycles. The highest BCUT2D eigenvalue weighted by molar-refractivity contribution is 6.07. The van der Waals surface area contributed by atoms with Crippen molar-refractivity contribution in [3.8, 4) is 5.88 Å². The molecule has 0 fully saturated rings. The molecule has 2 N–H and O–H groups in total. The molecule has 1 aromatic heterocycles. The van der Waals surface area contributed by atoms with Gasteiger partial charge in [-0.3, -0.25) is 4.79 Å². The third-order valence-corrected chi connectivity index (χ3v) is 3.09. The second-order valence-corrected chi connectivity index (χ2v) is 4.61. The summed E-state index contributed by atoms with van der Waals surface area (Å²) in [7, 11) is 1.51. The maximum Gasteiger partial charge on any atom is 0.263 e. The molecule has 110 valence electrons. The van der Waals surface area contributed by atoms with Gasteiger partial charge in [0.05, 0.1) is 7.11 Å². The summed E-state index contributed by atoms with van der Waals surface area (Å²) in [5.74, 6) is 0.200. The zero-order chi connectivity index (χ0) is 15.2. The number of carbonyl (C=O) groups excluding carboxylic acids is 1. The number of methoxy groups -OCH3 is 1. The number of amides is 1. The number of nitrogens with zero attached hydrogens (tertiary/aromatic N) is 2. The Bertz CT molecular complexity index is 611. The molecule has 2 rings (SSSR count). The number of hydrogen-bond acceptors (Lipinski definition) is 4. The monoisotopic (exact) mass is 285 g/mol. The Hall–Kier alpha value is -2.56. The number of carbonyl (C=O) groups is 1. The number of ether oxygens (including phenoxy) is 1. The van der Waals surface area contributed by atoms with Crippen LogP contribution in [0.1, 0.15) is 23.7 Å². The minimum atomic E-state index is -0.133. The summed E-state index contributed by atoms with van der Waals surface area (Å²) >= 11 is 0. The first-order valence-electron chi connectivity index (χ1n) is 6.83. The van der Waals surface area contributed by atoms with Gasteiger partial charge in [0.15, 0.2) is 0 Å². The van der Waals surface area contributed by atoms with Crippen LogP contribution in [0.25, 0.3) is 0 Å². The minimum Gasteiger partial charge on any atom is -0.480 e. The maximum absolute atomic E-state index is 12.8. The Balaban J connectivity index is 2.37. The Kier molecular flexibility index (Phi) is 4.77. The van der Waals surface area contributed by atoms with Crippen LogP contribution in [-0.4, -0.2) is 24.5 Å². The first kappa shape index (κ1) is 14.8. The van der Waals surface area contributed by atoms with E-state index in [-0.39, 0.29) is 5.91 Å². The van der Waals surface area contributed by atoms with Crippen LogP contribution in [0, 0.1) is 0 Å². The van der Waals surface area contributed by atoms with Gasteiger partial charge in [-0.2, -0.15) is 0 Å². The Morgan fingerprint density at radius 1 is 1.29 bits per heavy atom. The predicted octanol–water partition coefficient (Wildman–Crippen LogP) is 2.73. The summed E-state index contributed by atoms with van der Waals surface area (Å²) in [6, 6.07) is 10.7. The highest BCUT2D eigenvalue weighted by Crippen LogP contribution is 2.22. The minimum absolute atomic E-state index is 0.133. The number of hydrogen-bond donors (Lipinski definition) is 1. The van der Waals surface area contributed by atoms with E-state index in [4.69, 9.17) is 10.5 Å². The maximum atomic E-state index is 12.8. The second-order valence-electron chi connectivity index (χ2n) is 4.61. The zero-order valence-electron chi connectivity index (χ0n) is 12.2. The number of nitrogen functional groups attached to an aromatic ring is 1. The highest BCUT2D eigenvalue weighted by Gasteiger charge is 2.21.